The fourth-order valence-electron chi connectivity index (χ4n) is 3.92. The van der Waals surface area contributed by atoms with Crippen molar-refractivity contribution < 1.29 is 19.1 Å². The van der Waals surface area contributed by atoms with Crippen LogP contribution in [0.1, 0.15) is 37.7 Å². The molecule has 0 bridgehead atoms. The lowest BCUT2D eigenvalue weighted by molar-refractivity contribution is -0.135. The topological polar surface area (TPSA) is 81.7 Å². The molecule has 6 nitrogen and oxygen atoms in total. The summed E-state index contributed by atoms with van der Waals surface area (Å²) in [7, 11) is 0. The second-order valence-electron chi connectivity index (χ2n) is 7.27. The van der Waals surface area contributed by atoms with Crippen molar-refractivity contribution in [3.05, 3.63) is 35.6 Å². The van der Waals surface area contributed by atoms with Gasteiger partial charge in [0.1, 0.15) is 5.82 Å². The van der Waals surface area contributed by atoms with Crippen molar-refractivity contribution in [3.63, 3.8) is 0 Å². The lowest BCUT2D eigenvalue weighted by Gasteiger charge is -2.36. The van der Waals surface area contributed by atoms with Gasteiger partial charge in [0.2, 0.25) is 11.8 Å². The van der Waals surface area contributed by atoms with Gasteiger partial charge >= 0.3 is 0 Å². The number of hydrogen-bond acceptors (Lipinski definition) is 4. The van der Waals surface area contributed by atoms with Gasteiger partial charge in [-0.1, -0.05) is 31.0 Å². The Balaban J connectivity index is 1.67. The van der Waals surface area contributed by atoms with Gasteiger partial charge in [-0.2, -0.15) is 0 Å². The Morgan fingerprint density at radius 1 is 1.35 bits per heavy atom. The zero-order valence-electron chi connectivity index (χ0n) is 14.8. The maximum absolute atomic E-state index is 14.0. The van der Waals surface area contributed by atoms with Crippen LogP contribution in [-0.2, 0) is 16.1 Å². The average molecular weight is 363 g/mol. The van der Waals surface area contributed by atoms with Crippen LogP contribution in [0.3, 0.4) is 0 Å². The molecule has 3 rings (SSSR count). The highest BCUT2D eigenvalue weighted by Gasteiger charge is 2.37. The van der Waals surface area contributed by atoms with Gasteiger partial charge in [0.05, 0.1) is 24.6 Å². The summed E-state index contributed by atoms with van der Waals surface area (Å²) in [5, 5.41) is 15.4. The van der Waals surface area contributed by atoms with Gasteiger partial charge < -0.3 is 15.7 Å². The Morgan fingerprint density at radius 3 is 2.77 bits per heavy atom. The Morgan fingerprint density at radius 2 is 2.08 bits per heavy atom. The number of aliphatic hydroxyl groups is 1. The lowest BCUT2D eigenvalue weighted by Crippen LogP contribution is -2.57. The minimum absolute atomic E-state index is 0.00202. The number of nitrogens with one attached hydrogen (secondary N) is 2. The highest BCUT2D eigenvalue weighted by Crippen LogP contribution is 2.29. The standard InChI is InChI=1S/C19H26FN3O3/c20-15-6-2-1-5-14(15)12-23-10-9-21-18(26)16(23)11-17(25)22-19(13-24)7-3-4-8-19/h1-2,5-6,16,24H,3-4,7-13H2,(H,21,26)(H,22,25)/t16-/m1/s1. The molecule has 2 aliphatic rings. The maximum atomic E-state index is 14.0. The minimum Gasteiger partial charge on any atom is -0.394 e. The van der Waals surface area contributed by atoms with Crippen LogP contribution < -0.4 is 10.6 Å². The van der Waals surface area contributed by atoms with Crippen LogP contribution in [0.4, 0.5) is 4.39 Å². The van der Waals surface area contributed by atoms with E-state index in [0.717, 1.165) is 25.7 Å². The molecular weight excluding hydrogens is 337 g/mol. The molecule has 1 heterocycles. The summed E-state index contributed by atoms with van der Waals surface area (Å²) < 4.78 is 14.0. The first kappa shape index (κ1) is 18.8. The molecule has 2 amide bonds. The number of benzene rings is 1. The van der Waals surface area contributed by atoms with Crippen molar-refractivity contribution in [2.24, 2.45) is 0 Å². The third-order valence-corrected chi connectivity index (χ3v) is 5.42. The number of amides is 2. The van der Waals surface area contributed by atoms with Crippen LogP contribution in [0, 0.1) is 5.82 Å². The predicted molar refractivity (Wildman–Crippen MR) is 94.7 cm³/mol. The maximum Gasteiger partial charge on any atom is 0.237 e. The molecular formula is C19H26FN3O3. The first-order valence-electron chi connectivity index (χ1n) is 9.20. The van der Waals surface area contributed by atoms with E-state index in [1.807, 2.05) is 4.90 Å². The highest BCUT2D eigenvalue weighted by molar-refractivity contribution is 5.89. The number of aliphatic hydroxyl groups excluding tert-OH is 1. The van der Waals surface area contributed by atoms with Crippen LogP contribution in [-0.4, -0.2) is 53.1 Å². The van der Waals surface area contributed by atoms with E-state index in [1.165, 1.54) is 6.07 Å². The molecule has 1 aromatic carbocycles. The van der Waals surface area contributed by atoms with Crippen molar-refractivity contribution >= 4 is 11.8 Å². The summed E-state index contributed by atoms with van der Waals surface area (Å²) in [6.07, 6.45) is 3.46. The van der Waals surface area contributed by atoms with Crippen molar-refractivity contribution in [2.45, 2.75) is 50.2 Å². The van der Waals surface area contributed by atoms with Gasteiger partial charge in [-0.3, -0.25) is 14.5 Å². The van der Waals surface area contributed by atoms with E-state index < -0.39 is 11.6 Å². The minimum atomic E-state index is -0.638. The van der Waals surface area contributed by atoms with Gasteiger partial charge in [-0.25, -0.2) is 4.39 Å². The van der Waals surface area contributed by atoms with Crippen LogP contribution in [0.5, 0.6) is 0 Å². The van der Waals surface area contributed by atoms with Gasteiger partial charge in [0.15, 0.2) is 0 Å². The van der Waals surface area contributed by atoms with E-state index in [4.69, 9.17) is 0 Å². The van der Waals surface area contributed by atoms with E-state index in [-0.39, 0.29) is 37.2 Å². The van der Waals surface area contributed by atoms with E-state index in [9.17, 15) is 19.1 Å². The van der Waals surface area contributed by atoms with Gasteiger partial charge in [-0.15, -0.1) is 0 Å². The molecule has 1 aliphatic heterocycles. The molecule has 142 valence electrons. The van der Waals surface area contributed by atoms with Crippen molar-refractivity contribution in [1.82, 2.24) is 15.5 Å². The number of rotatable bonds is 6. The van der Waals surface area contributed by atoms with Gasteiger partial charge in [0.25, 0.3) is 0 Å². The summed E-state index contributed by atoms with van der Waals surface area (Å²) >= 11 is 0. The van der Waals surface area contributed by atoms with E-state index >= 15 is 0 Å². The number of carbonyl (C=O) groups excluding carboxylic acids is 2. The number of carbonyl (C=O) groups is 2. The van der Waals surface area contributed by atoms with Crippen LogP contribution in [0.15, 0.2) is 24.3 Å². The smallest absolute Gasteiger partial charge is 0.237 e. The number of piperazine rings is 1. The molecule has 1 atom stereocenters. The first-order chi connectivity index (χ1) is 12.5. The normalized spacial score (nSPS) is 22.8. The second kappa shape index (κ2) is 8.14. The molecule has 3 N–H and O–H groups in total. The van der Waals surface area contributed by atoms with Crippen LogP contribution >= 0.6 is 0 Å². The summed E-state index contributed by atoms with van der Waals surface area (Å²) in [5.41, 5.74) is -0.0475. The molecule has 0 aromatic heterocycles. The molecule has 1 aromatic rings. The number of hydrogen-bond donors (Lipinski definition) is 3. The summed E-state index contributed by atoms with van der Waals surface area (Å²) in [6.45, 7) is 1.23. The Hall–Kier alpha value is -1.99. The van der Waals surface area contributed by atoms with E-state index in [0.29, 0.717) is 18.7 Å². The monoisotopic (exact) mass is 363 g/mol. The summed E-state index contributed by atoms with van der Waals surface area (Å²) in [4.78, 5) is 26.7. The summed E-state index contributed by atoms with van der Waals surface area (Å²) in [6, 6.07) is 5.84. The van der Waals surface area contributed by atoms with E-state index in [1.54, 1.807) is 18.2 Å². The zero-order chi connectivity index (χ0) is 18.6. The fourth-order valence-corrected chi connectivity index (χ4v) is 3.92. The molecule has 26 heavy (non-hydrogen) atoms. The van der Waals surface area contributed by atoms with Gasteiger partial charge in [0, 0.05) is 25.2 Å². The predicted octanol–water partition coefficient (Wildman–Crippen LogP) is 0.937. The van der Waals surface area contributed by atoms with Crippen molar-refractivity contribution in [1.29, 1.82) is 0 Å². The highest BCUT2D eigenvalue weighted by atomic mass is 19.1. The molecule has 2 fully saturated rings. The Bertz CT molecular complexity index is 661. The van der Waals surface area contributed by atoms with Gasteiger partial charge in [-0.05, 0) is 18.9 Å². The number of nitrogens with zero attached hydrogens (tertiary/aromatic N) is 1. The third kappa shape index (κ3) is 4.22. The van der Waals surface area contributed by atoms with Crippen LogP contribution in [0.2, 0.25) is 0 Å². The van der Waals surface area contributed by atoms with E-state index in [2.05, 4.69) is 10.6 Å². The summed E-state index contributed by atoms with van der Waals surface area (Å²) in [5.74, 6) is -0.777. The molecule has 0 unspecified atom stereocenters. The van der Waals surface area contributed by atoms with Crippen molar-refractivity contribution in [3.8, 4) is 0 Å². The Labute approximate surface area is 152 Å². The number of halogens is 1. The van der Waals surface area contributed by atoms with Crippen LogP contribution in [0.25, 0.3) is 0 Å². The lowest BCUT2D eigenvalue weighted by atomic mass is 9.97. The zero-order valence-corrected chi connectivity index (χ0v) is 14.8. The first-order valence-corrected chi connectivity index (χ1v) is 9.20. The largest absolute Gasteiger partial charge is 0.394 e. The molecule has 7 heteroatoms. The molecule has 1 saturated carbocycles. The SMILES string of the molecule is O=C(C[C@@H]1C(=O)NCCN1Cc1ccccc1F)NC1(CO)CCCC1. The molecule has 0 spiro atoms. The molecule has 0 radical (unpaired) electrons. The molecule has 1 saturated heterocycles. The molecule has 1 aliphatic carbocycles. The quantitative estimate of drug-likeness (QED) is 0.703. The third-order valence-electron chi connectivity index (χ3n) is 5.42. The Kier molecular flexibility index (Phi) is 5.88. The average Bonchev–Trinajstić information content (AvgIpc) is 3.09. The second-order valence-corrected chi connectivity index (χ2v) is 7.27. The fraction of sp³-hybridized carbons (Fsp3) is 0.579. The van der Waals surface area contributed by atoms with Crippen molar-refractivity contribution in [2.75, 3.05) is 19.7 Å².